The second-order valence-electron chi connectivity index (χ2n) is 6.41. The first-order valence-corrected chi connectivity index (χ1v) is 7.18. The second kappa shape index (κ2) is 5.51. The first-order chi connectivity index (χ1) is 8.94. The molecule has 3 nitrogen and oxygen atoms in total. The third-order valence-corrected chi connectivity index (χ3v) is 4.20. The van der Waals surface area contributed by atoms with E-state index in [0.29, 0.717) is 6.04 Å². The van der Waals surface area contributed by atoms with Crippen LogP contribution in [0.1, 0.15) is 25.8 Å². The van der Waals surface area contributed by atoms with Gasteiger partial charge in [0.05, 0.1) is 0 Å². The van der Waals surface area contributed by atoms with Crippen LogP contribution in [-0.2, 0) is 0 Å². The fraction of sp³-hybridized carbons (Fsp3) is 0.625. The van der Waals surface area contributed by atoms with Crippen LogP contribution in [-0.4, -0.2) is 43.2 Å². The minimum absolute atomic E-state index is 0.160. The van der Waals surface area contributed by atoms with E-state index in [0.717, 1.165) is 26.1 Å². The number of aryl methyl sites for hydroxylation is 1. The van der Waals surface area contributed by atoms with E-state index in [1.54, 1.807) is 0 Å². The van der Waals surface area contributed by atoms with Crippen LogP contribution < -0.4 is 10.6 Å². The van der Waals surface area contributed by atoms with Gasteiger partial charge in [0, 0.05) is 30.4 Å². The number of benzene rings is 1. The van der Waals surface area contributed by atoms with E-state index in [-0.39, 0.29) is 5.54 Å². The Balaban J connectivity index is 2.26. The monoisotopic (exact) mass is 261 g/mol. The summed E-state index contributed by atoms with van der Waals surface area (Å²) in [5.41, 5.74) is 8.57. The Hall–Kier alpha value is -1.06. The zero-order valence-corrected chi connectivity index (χ0v) is 12.7. The van der Waals surface area contributed by atoms with Gasteiger partial charge in [-0.15, -0.1) is 0 Å². The molecule has 1 aliphatic rings. The van der Waals surface area contributed by atoms with Crippen molar-refractivity contribution in [2.24, 2.45) is 5.73 Å². The highest BCUT2D eigenvalue weighted by molar-refractivity contribution is 5.51. The van der Waals surface area contributed by atoms with E-state index < -0.39 is 0 Å². The fourth-order valence-corrected chi connectivity index (χ4v) is 3.18. The maximum absolute atomic E-state index is 5.75. The molecule has 3 heteroatoms. The molecule has 19 heavy (non-hydrogen) atoms. The lowest BCUT2D eigenvalue weighted by Gasteiger charge is -2.51. The Kier molecular flexibility index (Phi) is 4.16. The van der Waals surface area contributed by atoms with Crippen LogP contribution in [0.5, 0.6) is 0 Å². The summed E-state index contributed by atoms with van der Waals surface area (Å²) in [6.45, 7) is 9.70. The van der Waals surface area contributed by atoms with Crippen molar-refractivity contribution in [2.45, 2.75) is 38.8 Å². The van der Waals surface area contributed by atoms with E-state index in [4.69, 9.17) is 5.73 Å². The Morgan fingerprint density at radius 1 is 1.37 bits per heavy atom. The number of hydrogen-bond acceptors (Lipinski definition) is 3. The van der Waals surface area contributed by atoms with E-state index in [1.165, 1.54) is 11.3 Å². The average Bonchev–Trinajstić information content (AvgIpc) is 2.32. The molecule has 1 aliphatic heterocycles. The second-order valence-corrected chi connectivity index (χ2v) is 6.41. The summed E-state index contributed by atoms with van der Waals surface area (Å²) in [5, 5.41) is 0. The van der Waals surface area contributed by atoms with Crippen LogP contribution in [0.15, 0.2) is 24.3 Å². The van der Waals surface area contributed by atoms with Gasteiger partial charge >= 0.3 is 0 Å². The van der Waals surface area contributed by atoms with Gasteiger partial charge in [-0.05, 0) is 58.5 Å². The summed E-state index contributed by atoms with van der Waals surface area (Å²) in [4.78, 5) is 5.00. The molecule has 106 valence electrons. The van der Waals surface area contributed by atoms with Crippen molar-refractivity contribution >= 4 is 5.69 Å². The average molecular weight is 261 g/mol. The quantitative estimate of drug-likeness (QED) is 0.906. The molecule has 1 heterocycles. The van der Waals surface area contributed by atoms with E-state index >= 15 is 0 Å². The smallest absolute Gasteiger partial charge is 0.0473 e. The normalized spacial score (nSPS) is 23.6. The summed E-state index contributed by atoms with van der Waals surface area (Å²) in [6, 6.07) is 9.37. The van der Waals surface area contributed by atoms with Gasteiger partial charge < -0.3 is 10.6 Å². The van der Waals surface area contributed by atoms with Crippen LogP contribution >= 0.6 is 0 Å². The van der Waals surface area contributed by atoms with Crippen LogP contribution in [0.3, 0.4) is 0 Å². The highest BCUT2D eigenvalue weighted by Gasteiger charge is 2.36. The Bertz CT molecular complexity index is 428. The molecule has 0 aromatic heterocycles. The standard InChI is InChI=1S/C16H27N3/c1-13-6-5-7-14(10-13)19-11-15(8-9-17)18(4)12-16(19,2)3/h5-7,10,15H,8-9,11-12,17H2,1-4H3. The van der Waals surface area contributed by atoms with Gasteiger partial charge in [0.1, 0.15) is 0 Å². The predicted octanol–water partition coefficient (Wildman–Crippen LogP) is 2.24. The first-order valence-electron chi connectivity index (χ1n) is 7.18. The molecule has 1 atom stereocenters. The van der Waals surface area contributed by atoms with Crippen LogP contribution in [0, 0.1) is 6.92 Å². The molecule has 1 aromatic carbocycles. The largest absolute Gasteiger partial charge is 0.364 e. The van der Waals surface area contributed by atoms with Gasteiger partial charge in [-0.2, -0.15) is 0 Å². The van der Waals surface area contributed by atoms with Crippen molar-refractivity contribution in [3.05, 3.63) is 29.8 Å². The molecule has 1 saturated heterocycles. The minimum atomic E-state index is 0.160. The molecule has 1 fully saturated rings. The van der Waals surface area contributed by atoms with Gasteiger partial charge in [-0.3, -0.25) is 4.90 Å². The molecular weight excluding hydrogens is 234 g/mol. The maximum Gasteiger partial charge on any atom is 0.0473 e. The number of hydrogen-bond donors (Lipinski definition) is 1. The van der Waals surface area contributed by atoms with Gasteiger partial charge in [0.15, 0.2) is 0 Å². The highest BCUT2D eigenvalue weighted by atomic mass is 15.3. The van der Waals surface area contributed by atoms with Gasteiger partial charge in [0.25, 0.3) is 0 Å². The van der Waals surface area contributed by atoms with Crippen LogP contribution in [0.2, 0.25) is 0 Å². The molecule has 0 radical (unpaired) electrons. The number of nitrogens with two attached hydrogens (primary N) is 1. The number of nitrogens with zero attached hydrogens (tertiary/aromatic N) is 2. The lowest BCUT2D eigenvalue weighted by Crippen LogP contribution is -2.62. The van der Waals surface area contributed by atoms with Crippen molar-refractivity contribution in [3.8, 4) is 0 Å². The van der Waals surface area contributed by atoms with E-state index in [2.05, 4.69) is 61.9 Å². The molecule has 1 unspecified atom stereocenters. The minimum Gasteiger partial charge on any atom is -0.364 e. The summed E-state index contributed by atoms with van der Waals surface area (Å²) < 4.78 is 0. The highest BCUT2D eigenvalue weighted by Crippen LogP contribution is 2.30. The third kappa shape index (κ3) is 3.10. The molecule has 0 bridgehead atoms. The lowest BCUT2D eigenvalue weighted by molar-refractivity contribution is 0.146. The molecule has 2 rings (SSSR count). The SMILES string of the molecule is Cc1cccc(N2CC(CCN)N(C)CC2(C)C)c1. The van der Waals surface area contributed by atoms with Crippen molar-refractivity contribution < 1.29 is 0 Å². The van der Waals surface area contributed by atoms with Gasteiger partial charge in [-0.1, -0.05) is 12.1 Å². The van der Waals surface area contributed by atoms with Crippen LogP contribution in [0.25, 0.3) is 0 Å². The zero-order chi connectivity index (χ0) is 14.0. The van der Waals surface area contributed by atoms with E-state index in [9.17, 15) is 0 Å². The maximum atomic E-state index is 5.75. The molecule has 0 aliphatic carbocycles. The Morgan fingerprint density at radius 3 is 2.74 bits per heavy atom. The number of piperazine rings is 1. The molecular formula is C16H27N3. The first kappa shape index (κ1) is 14.4. The number of anilines is 1. The topological polar surface area (TPSA) is 32.5 Å². The lowest BCUT2D eigenvalue weighted by atomic mass is 9.93. The van der Waals surface area contributed by atoms with Gasteiger partial charge in [0.2, 0.25) is 0 Å². The Labute approximate surface area is 117 Å². The van der Waals surface area contributed by atoms with E-state index in [1.807, 2.05) is 0 Å². The summed E-state index contributed by atoms with van der Waals surface area (Å²) >= 11 is 0. The van der Waals surface area contributed by atoms with Crippen molar-refractivity contribution in [2.75, 3.05) is 31.6 Å². The number of rotatable bonds is 3. The summed E-state index contributed by atoms with van der Waals surface area (Å²) in [5.74, 6) is 0. The van der Waals surface area contributed by atoms with Crippen molar-refractivity contribution in [1.82, 2.24) is 4.90 Å². The molecule has 0 spiro atoms. The van der Waals surface area contributed by atoms with Crippen molar-refractivity contribution in [3.63, 3.8) is 0 Å². The fourth-order valence-electron chi connectivity index (χ4n) is 3.18. The summed E-state index contributed by atoms with van der Waals surface area (Å²) in [6.07, 6.45) is 1.06. The molecule has 0 amide bonds. The van der Waals surface area contributed by atoms with Crippen molar-refractivity contribution in [1.29, 1.82) is 0 Å². The number of likely N-dealkylation sites (N-methyl/N-ethyl adjacent to an activating group) is 1. The molecule has 2 N–H and O–H groups in total. The third-order valence-electron chi connectivity index (χ3n) is 4.20. The molecule has 0 saturated carbocycles. The van der Waals surface area contributed by atoms with Gasteiger partial charge in [-0.25, -0.2) is 0 Å². The Morgan fingerprint density at radius 2 is 2.11 bits per heavy atom. The summed E-state index contributed by atoms with van der Waals surface area (Å²) in [7, 11) is 2.22. The zero-order valence-electron chi connectivity index (χ0n) is 12.7. The van der Waals surface area contributed by atoms with Crippen LogP contribution in [0.4, 0.5) is 5.69 Å². The predicted molar refractivity (Wildman–Crippen MR) is 82.7 cm³/mol. The molecule has 1 aromatic rings.